The van der Waals surface area contributed by atoms with Crippen LogP contribution in [-0.2, 0) is 14.3 Å². The molecule has 0 spiro atoms. The number of esters is 1. The summed E-state index contributed by atoms with van der Waals surface area (Å²) in [6.45, 7) is 2.44. The highest BCUT2D eigenvalue weighted by atomic mass is 32.2. The average Bonchev–Trinajstić information content (AvgIpc) is 2.29. The first-order valence-corrected chi connectivity index (χ1v) is 6.00. The van der Waals surface area contributed by atoms with E-state index in [2.05, 4.69) is 15.4 Å². The summed E-state index contributed by atoms with van der Waals surface area (Å²) in [6.07, 6.45) is 0. The van der Waals surface area contributed by atoms with Crippen LogP contribution < -0.4 is 10.6 Å². The Hall–Kier alpha value is -0.750. The highest BCUT2D eigenvalue weighted by Gasteiger charge is 2.24. The summed E-state index contributed by atoms with van der Waals surface area (Å²) in [4.78, 5) is 22.7. The Labute approximate surface area is 93.3 Å². The van der Waals surface area contributed by atoms with Gasteiger partial charge in [-0.1, -0.05) is 0 Å². The lowest BCUT2D eigenvalue weighted by molar-refractivity contribution is -0.144. The molecule has 5 nitrogen and oxygen atoms in total. The molecule has 1 fully saturated rings. The zero-order valence-electron chi connectivity index (χ0n) is 8.91. The lowest BCUT2D eigenvalue weighted by Crippen LogP contribution is -2.52. The minimum atomic E-state index is -0.587. The molecule has 0 bridgehead atoms. The van der Waals surface area contributed by atoms with Gasteiger partial charge in [0.15, 0.2) is 0 Å². The van der Waals surface area contributed by atoms with Crippen molar-refractivity contribution < 1.29 is 14.3 Å². The van der Waals surface area contributed by atoms with Crippen LogP contribution in [0.2, 0.25) is 0 Å². The number of ether oxygens (including phenoxy) is 1. The van der Waals surface area contributed by atoms with Gasteiger partial charge in [-0.15, -0.1) is 0 Å². The maximum absolute atomic E-state index is 11.6. The lowest BCUT2D eigenvalue weighted by Gasteiger charge is -2.23. The molecule has 0 aromatic rings. The highest BCUT2D eigenvalue weighted by Crippen LogP contribution is 2.07. The van der Waals surface area contributed by atoms with E-state index >= 15 is 0 Å². The molecular weight excluding hydrogens is 216 g/mol. The van der Waals surface area contributed by atoms with Crippen molar-refractivity contribution in [3.05, 3.63) is 0 Å². The first kappa shape index (κ1) is 12.3. The Balaban J connectivity index is 2.36. The van der Waals surface area contributed by atoms with Crippen molar-refractivity contribution in [2.24, 2.45) is 0 Å². The molecule has 2 N–H and O–H groups in total. The van der Waals surface area contributed by atoms with Crippen LogP contribution in [0.4, 0.5) is 0 Å². The van der Waals surface area contributed by atoms with Gasteiger partial charge in [0.2, 0.25) is 5.91 Å². The van der Waals surface area contributed by atoms with Gasteiger partial charge in [-0.25, -0.2) is 4.79 Å². The number of carbonyl (C=O) groups excluding carboxylic acids is 2. The topological polar surface area (TPSA) is 67.4 Å². The van der Waals surface area contributed by atoms with Crippen molar-refractivity contribution >= 4 is 23.6 Å². The van der Waals surface area contributed by atoms with Crippen LogP contribution in [-0.4, -0.2) is 49.1 Å². The smallest absolute Gasteiger partial charge is 0.328 e. The molecule has 0 radical (unpaired) electrons. The van der Waals surface area contributed by atoms with Crippen LogP contribution in [0, 0.1) is 0 Å². The monoisotopic (exact) mass is 232 g/mol. The molecule has 0 aromatic heterocycles. The van der Waals surface area contributed by atoms with E-state index in [9.17, 15) is 9.59 Å². The molecule has 2 atom stereocenters. The van der Waals surface area contributed by atoms with E-state index in [-0.39, 0.29) is 11.9 Å². The maximum Gasteiger partial charge on any atom is 0.328 e. The van der Waals surface area contributed by atoms with E-state index in [1.165, 1.54) is 7.11 Å². The largest absolute Gasteiger partial charge is 0.467 e. The van der Waals surface area contributed by atoms with Gasteiger partial charge in [0.05, 0.1) is 13.2 Å². The van der Waals surface area contributed by atoms with E-state index in [0.717, 1.165) is 18.1 Å². The van der Waals surface area contributed by atoms with Gasteiger partial charge in [0, 0.05) is 18.1 Å². The quantitative estimate of drug-likeness (QED) is 0.634. The van der Waals surface area contributed by atoms with Crippen molar-refractivity contribution in [2.45, 2.75) is 19.0 Å². The molecule has 0 aromatic carbocycles. The fourth-order valence-corrected chi connectivity index (χ4v) is 2.22. The first-order valence-electron chi connectivity index (χ1n) is 4.84. The van der Waals surface area contributed by atoms with E-state index in [1.54, 1.807) is 18.7 Å². The van der Waals surface area contributed by atoms with Crippen LogP contribution in [0.25, 0.3) is 0 Å². The van der Waals surface area contributed by atoms with Gasteiger partial charge < -0.3 is 15.4 Å². The number of nitrogens with one attached hydrogen (secondary N) is 2. The molecule has 1 rings (SSSR count). The Kier molecular flexibility index (Phi) is 4.90. The van der Waals surface area contributed by atoms with Crippen molar-refractivity contribution in [3.63, 3.8) is 0 Å². The fraction of sp³-hybridized carbons (Fsp3) is 0.778. The average molecular weight is 232 g/mol. The molecule has 1 unspecified atom stereocenters. The van der Waals surface area contributed by atoms with E-state index in [0.29, 0.717) is 0 Å². The third-order valence-corrected chi connectivity index (χ3v) is 3.21. The molecule has 6 heteroatoms. The fourth-order valence-electron chi connectivity index (χ4n) is 1.28. The second-order valence-corrected chi connectivity index (χ2v) is 4.48. The summed E-state index contributed by atoms with van der Waals surface area (Å²) in [6, 6.07) is -0.785. The van der Waals surface area contributed by atoms with E-state index in [4.69, 9.17) is 0 Å². The van der Waals surface area contributed by atoms with Crippen LogP contribution >= 0.6 is 11.8 Å². The molecule has 0 aliphatic carbocycles. The number of carbonyl (C=O) groups is 2. The summed E-state index contributed by atoms with van der Waals surface area (Å²) < 4.78 is 4.52. The van der Waals surface area contributed by atoms with Crippen LogP contribution in [0.1, 0.15) is 6.92 Å². The summed E-state index contributed by atoms with van der Waals surface area (Å²) in [5.74, 6) is 1.21. The highest BCUT2D eigenvalue weighted by molar-refractivity contribution is 7.99. The number of hydrogen-bond donors (Lipinski definition) is 2. The summed E-state index contributed by atoms with van der Waals surface area (Å²) in [7, 11) is 1.31. The van der Waals surface area contributed by atoms with Crippen molar-refractivity contribution in [3.8, 4) is 0 Å². The summed E-state index contributed by atoms with van der Waals surface area (Å²) in [5, 5.41) is 5.71. The minimum absolute atomic E-state index is 0.139. The van der Waals surface area contributed by atoms with E-state index < -0.39 is 12.0 Å². The Morgan fingerprint density at radius 3 is 2.87 bits per heavy atom. The van der Waals surface area contributed by atoms with Crippen LogP contribution in [0.5, 0.6) is 0 Å². The number of thioether (sulfide) groups is 1. The SMILES string of the molecule is COC(=O)[C@H](C)NC(=O)C1CSCCN1. The second-order valence-electron chi connectivity index (χ2n) is 3.34. The van der Waals surface area contributed by atoms with Crippen molar-refractivity contribution in [1.82, 2.24) is 10.6 Å². The molecule has 1 amide bonds. The second kappa shape index (κ2) is 5.97. The summed E-state index contributed by atoms with van der Waals surface area (Å²) >= 11 is 1.73. The van der Waals surface area contributed by atoms with Gasteiger partial charge >= 0.3 is 5.97 Å². The third kappa shape index (κ3) is 3.71. The van der Waals surface area contributed by atoms with Crippen molar-refractivity contribution in [1.29, 1.82) is 0 Å². The molecule has 15 heavy (non-hydrogen) atoms. The van der Waals surface area contributed by atoms with Crippen molar-refractivity contribution in [2.75, 3.05) is 25.2 Å². The third-order valence-electron chi connectivity index (χ3n) is 2.15. The van der Waals surface area contributed by atoms with Gasteiger partial charge in [-0.05, 0) is 6.92 Å². The van der Waals surface area contributed by atoms with Gasteiger partial charge in [-0.2, -0.15) is 11.8 Å². The molecule has 0 saturated carbocycles. The van der Waals surface area contributed by atoms with E-state index in [1.807, 2.05) is 0 Å². The molecular formula is C9H16N2O3S. The van der Waals surface area contributed by atoms with Gasteiger partial charge in [-0.3, -0.25) is 4.79 Å². The molecule has 1 heterocycles. The maximum atomic E-state index is 11.6. The zero-order chi connectivity index (χ0) is 11.3. The van der Waals surface area contributed by atoms with Crippen LogP contribution in [0.15, 0.2) is 0 Å². The van der Waals surface area contributed by atoms with Crippen LogP contribution in [0.3, 0.4) is 0 Å². The van der Waals surface area contributed by atoms with Gasteiger partial charge in [0.25, 0.3) is 0 Å². The Bertz CT molecular complexity index is 242. The summed E-state index contributed by atoms with van der Waals surface area (Å²) in [5.41, 5.74) is 0. The standard InChI is InChI=1S/C9H16N2O3S/c1-6(9(13)14-2)11-8(12)7-5-15-4-3-10-7/h6-7,10H,3-5H2,1-2H3,(H,11,12)/t6-,7?/m0/s1. The minimum Gasteiger partial charge on any atom is -0.467 e. The number of rotatable bonds is 3. The lowest BCUT2D eigenvalue weighted by atomic mass is 10.2. The number of methoxy groups -OCH3 is 1. The zero-order valence-corrected chi connectivity index (χ0v) is 9.73. The first-order chi connectivity index (χ1) is 7.15. The Morgan fingerprint density at radius 1 is 1.60 bits per heavy atom. The van der Waals surface area contributed by atoms with Gasteiger partial charge in [0.1, 0.15) is 6.04 Å². The number of amides is 1. The number of hydrogen-bond acceptors (Lipinski definition) is 5. The normalized spacial score (nSPS) is 22.9. The predicted octanol–water partition coefficient (Wildman–Crippen LogP) is -0.631. The Morgan fingerprint density at radius 2 is 2.33 bits per heavy atom. The predicted molar refractivity (Wildman–Crippen MR) is 58.7 cm³/mol. The molecule has 1 saturated heterocycles. The molecule has 1 aliphatic heterocycles. The molecule has 86 valence electrons. The molecule has 1 aliphatic rings.